The number of ether oxygens (including phenoxy) is 1. The summed E-state index contributed by atoms with van der Waals surface area (Å²) >= 11 is 0. The number of aromatic nitrogens is 1. The summed E-state index contributed by atoms with van der Waals surface area (Å²) < 4.78 is 7.06. The Labute approximate surface area is 156 Å². The number of ketones is 1. The van der Waals surface area contributed by atoms with Gasteiger partial charge in [-0.2, -0.15) is 0 Å². The zero-order chi connectivity index (χ0) is 18.8. The molecule has 2 aromatic carbocycles. The lowest BCUT2D eigenvalue weighted by atomic mass is 10.0. The number of rotatable bonds is 5. The van der Waals surface area contributed by atoms with E-state index in [4.69, 9.17) is 4.74 Å². The molecular weight excluding hydrogens is 338 g/mol. The number of fused-ring (bicyclic) bond motifs is 1. The fraction of sp³-hybridized carbons (Fsp3) is 0.0435. The molecule has 0 N–H and O–H groups in total. The second-order valence-electron chi connectivity index (χ2n) is 6.17. The van der Waals surface area contributed by atoms with Gasteiger partial charge in [0, 0.05) is 22.9 Å². The number of pyridine rings is 1. The Morgan fingerprint density at radius 2 is 1.70 bits per heavy atom. The van der Waals surface area contributed by atoms with Gasteiger partial charge in [0.15, 0.2) is 12.1 Å². The Hall–Kier alpha value is -3.66. The van der Waals surface area contributed by atoms with Crippen molar-refractivity contribution >= 4 is 17.6 Å². The van der Waals surface area contributed by atoms with Gasteiger partial charge in [0.2, 0.25) is 0 Å². The van der Waals surface area contributed by atoms with E-state index < -0.39 is 0 Å². The molecular formula is C23H17NO3. The van der Waals surface area contributed by atoms with Crippen molar-refractivity contribution in [3.05, 3.63) is 95.7 Å². The smallest absolute Gasteiger partial charge is 0.195 e. The lowest BCUT2D eigenvalue weighted by Gasteiger charge is -2.05. The predicted octanol–water partition coefficient (Wildman–Crippen LogP) is 4.66. The molecule has 0 fully saturated rings. The van der Waals surface area contributed by atoms with Crippen LogP contribution in [0.15, 0.2) is 79.0 Å². The normalized spacial score (nSPS) is 10.7. The SMILES string of the molecule is COc1ccc(C(=O)c2cc(-c3ccccc3)n3cccc(C=O)c23)cc1. The van der Waals surface area contributed by atoms with Crippen molar-refractivity contribution in [2.24, 2.45) is 0 Å². The summed E-state index contributed by atoms with van der Waals surface area (Å²) in [7, 11) is 1.58. The molecule has 132 valence electrons. The molecule has 0 aliphatic carbocycles. The van der Waals surface area contributed by atoms with Crippen LogP contribution in [0.2, 0.25) is 0 Å². The molecule has 2 aromatic heterocycles. The lowest BCUT2D eigenvalue weighted by Crippen LogP contribution is -2.02. The maximum atomic E-state index is 13.2. The highest BCUT2D eigenvalue weighted by Gasteiger charge is 2.20. The van der Waals surface area contributed by atoms with Crippen molar-refractivity contribution in [2.75, 3.05) is 7.11 Å². The quantitative estimate of drug-likeness (QED) is 0.386. The molecule has 2 heterocycles. The molecule has 0 unspecified atom stereocenters. The molecule has 27 heavy (non-hydrogen) atoms. The monoisotopic (exact) mass is 355 g/mol. The van der Waals surface area contributed by atoms with Crippen molar-refractivity contribution in [3.8, 4) is 17.0 Å². The zero-order valence-electron chi connectivity index (χ0n) is 14.8. The minimum atomic E-state index is -0.133. The van der Waals surface area contributed by atoms with Crippen LogP contribution in [-0.4, -0.2) is 23.6 Å². The Bertz CT molecular complexity index is 1130. The zero-order valence-corrected chi connectivity index (χ0v) is 14.8. The summed E-state index contributed by atoms with van der Waals surface area (Å²) in [6, 6.07) is 22.2. The summed E-state index contributed by atoms with van der Waals surface area (Å²) in [5, 5.41) is 0. The maximum absolute atomic E-state index is 13.2. The topological polar surface area (TPSA) is 47.8 Å². The van der Waals surface area contributed by atoms with Crippen LogP contribution in [0, 0.1) is 0 Å². The van der Waals surface area contributed by atoms with Gasteiger partial charge in [0.1, 0.15) is 5.75 Å². The minimum absolute atomic E-state index is 0.133. The Balaban J connectivity index is 1.94. The predicted molar refractivity (Wildman–Crippen MR) is 105 cm³/mol. The molecule has 4 nitrogen and oxygen atoms in total. The Morgan fingerprint density at radius 1 is 0.963 bits per heavy atom. The number of carbonyl (C=O) groups excluding carboxylic acids is 2. The van der Waals surface area contributed by atoms with E-state index in [-0.39, 0.29) is 5.78 Å². The molecule has 4 aromatic rings. The molecule has 0 spiro atoms. The first-order valence-electron chi connectivity index (χ1n) is 8.56. The number of methoxy groups -OCH3 is 1. The average Bonchev–Trinajstić information content (AvgIpc) is 3.14. The fourth-order valence-electron chi connectivity index (χ4n) is 3.28. The first kappa shape index (κ1) is 16.8. The third-order valence-corrected chi connectivity index (χ3v) is 4.61. The highest BCUT2D eigenvalue weighted by Crippen LogP contribution is 2.29. The van der Waals surface area contributed by atoms with Gasteiger partial charge in [-0.25, -0.2) is 0 Å². The number of carbonyl (C=O) groups is 2. The highest BCUT2D eigenvalue weighted by atomic mass is 16.5. The molecule has 4 rings (SSSR count). The van der Waals surface area contributed by atoms with Crippen LogP contribution < -0.4 is 4.74 Å². The van der Waals surface area contributed by atoms with E-state index in [9.17, 15) is 9.59 Å². The summed E-state index contributed by atoms with van der Waals surface area (Å²) in [4.78, 5) is 24.8. The van der Waals surface area contributed by atoms with Crippen molar-refractivity contribution in [1.82, 2.24) is 4.40 Å². The molecule has 0 aliphatic heterocycles. The van der Waals surface area contributed by atoms with Crippen LogP contribution in [0.3, 0.4) is 0 Å². The van der Waals surface area contributed by atoms with Crippen molar-refractivity contribution < 1.29 is 14.3 Å². The molecule has 0 atom stereocenters. The Morgan fingerprint density at radius 3 is 2.37 bits per heavy atom. The third kappa shape index (κ3) is 2.91. The molecule has 0 aliphatic rings. The van der Waals surface area contributed by atoms with E-state index in [1.165, 1.54) is 0 Å². The van der Waals surface area contributed by atoms with Gasteiger partial charge in [-0.15, -0.1) is 0 Å². The fourth-order valence-corrected chi connectivity index (χ4v) is 3.28. The molecule has 0 saturated heterocycles. The largest absolute Gasteiger partial charge is 0.497 e. The Kier molecular flexibility index (Phi) is 4.30. The van der Waals surface area contributed by atoms with Crippen LogP contribution >= 0.6 is 0 Å². The van der Waals surface area contributed by atoms with Gasteiger partial charge in [-0.05, 0) is 48.0 Å². The molecule has 0 saturated carbocycles. The first-order valence-corrected chi connectivity index (χ1v) is 8.56. The van der Waals surface area contributed by atoms with Crippen LogP contribution in [-0.2, 0) is 0 Å². The van der Waals surface area contributed by atoms with Crippen LogP contribution in [0.5, 0.6) is 5.75 Å². The van der Waals surface area contributed by atoms with Crippen LogP contribution in [0.25, 0.3) is 16.8 Å². The van der Waals surface area contributed by atoms with Crippen molar-refractivity contribution in [1.29, 1.82) is 0 Å². The van der Waals surface area contributed by atoms with E-state index in [0.717, 1.165) is 17.5 Å². The molecule has 0 bridgehead atoms. The van der Waals surface area contributed by atoms with Gasteiger partial charge >= 0.3 is 0 Å². The van der Waals surface area contributed by atoms with E-state index in [1.807, 2.05) is 53.1 Å². The molecule has 0 radical (unpaired) electrons. The number of benzene rings is 2. The number of nitrogens with zero attached hydrogens (tertiary/aromatic N) is 1. The lowest BCUT2D eigenvalue weighted by molar-refractivity contribution is 0.104. The van der Waals surface area contributed by atoms with E-state index in [2.05, 4.69) is 0 Å². The summed E-state index contributed by atoms with van der Waals surface area (Å²) in [6.07, 6.45) is 2.66. The number of hydrogen-bond donors (Lipinski definition) is 0. The average molecular weight is 355 g/mol. The van der Waals surface area contributed by atoms with Gasteiger partial charge in [-0.3, -0.25) is 9.59 Å². The standard InChI is InChI=1S/C23H17NO3/c1-27-19-11-9-17(10-12-19)23(26)20-14-21(16-6-3-2-4-7-16)24-13-5-8-18(15-25)22(20)24/h2-15H,1H3. The maximum Gasteiger partial charge on any atom is 0.195 e. The minimum Gasteiger partial charge on any atom is -0.497 e. The molecule has 0 amide bonds. The van der Waals surface area contributed by atoms with Crippen molar-refractivity contribution in [2.45, 2.75) is 0 Å². The van der Waals surface area contributed by atoms with Gasteiger partial charge < -0.3 is 9.14 Å². The summed E-state index contributed by atoms with van der Waals surface area (Å²) in [5.41, 5.74) is 3.99. The second kappa shape index (κ2) is 6.92. The van der Waals surface area contributed by atoms with E-state index in [1.54, 1.807) is 37.4 Å². The number of hydrogen-bond acceptors (Lipinski definition) is 3. The van der Waals surface area contributed by atoms with Gasteiger partial charge in [0.05, 0.1) is 18.3 Å². The third-order valence-electron chi connectivity index (χ3n) is 4.61. The second-order valence-corrected chi connectivity index (χ2v) is 6.17. The van der Waals surface area contributed by atoms with E-state index in [0.29, 0.717) is 28.0 Å². The highest BCUT2D eigenvalue weighted by molar-refractivity contribution is 6.16. The summed E-state index contributed by atoms with van der Waals surface area (Å²) in [5.74, 6) is 0.554. The van der Waals surface area contributed by atoms with Gasteiger partial charge in [0.25, 0.3) is 0 Å². The summed E-state index contributed by atoms with van der Waals surface area (Å²) in [6.45, 7) is 0. The van der Waals surface area contributed by atoms with Crippen LogP contribution in [0.1, 0.15) is 26.3 Å². The van der Waals surface area contributed by atoms with Crippen LogP contribution in [0.4, 0.5) is 0 Å². The molecule has 4 heteroatoms. The van der Waals surface area contributed by atoms with Crippen molar-refractivity contribution in [3.63, 3.8) is 0 Å². The van der Waals surface area contributed by atoms with E-state index >= 15 is 0 Å². The number of aldehydes is 1. The first-order chi connectivity index (χ1) is 13.2. The van der Waals surface area contributed by atoms with Gasteiger partial charge in [-0.1, -0.05) is 30.3 Å².